The highest BCUT2D eigenvalue weighted by molar-refractivity contribution is 5.81. The Hall–Kier alpha value is -1.57. The first-order valence-electron chi connectivity index (χ1n) is 9.88. The summed E-state index contributed by atoms with van der Waals surface area (Å²) in [6.07, 6.45) is 11.3. The van der Waals surface area contributed by atoms with Crippen molar-refractivity contribution in [3.8, 4) is 6.07 Å². The lowest BCUT2D eigenvalue weighted by Gasteiger charge is -2.56. The van der Waals surface area contributed by atoms with Crippen LogP contribution in [0.5, 0.6) is 0 Å². The van der Waals surface area contributed by atoms with E-state index in [9.17, 15) is 14.9 Å². The third kappa shape index (κ3) is 3.41. The van der Waals surface area contributed by atoms with Crippen molar-refractivity contribution in [2.24, 2.45) is 23.2 Å². The van der Waals surface area contributed by atoms with E-state index in [2.05, 4.69) is 11.4 Å². The Morgan fingerprint density at radius 2 is 1.60 bits per heavy atom. The van der Waals surface area contributed by atoms with E-state index in [0.29, 0.717) is 19.3 Å². The van der Waals surface area contributed by atoms with Crippen LogP contribution in [-0.2, 0) is 14.3 Å². The summed E-state index contributed by atoms with van der Waals surface area (Å²) in [6, 6.07) is 2.23. The maximum Gasteiger partial charge on any atom is 0.306 e. The van der Waals surface area contributed by atoms with Crippen molar-refractivity contribution in [1.29, 1.82) is 5.26 Å². The van der Waals surface area contributed by atoms with Gasteiger partial charge in [0.2, 0.25) is 0 Å². The second-order valence-electron chi connectivity index (χ2n) is 9.20. The number of carbonyl (C=O) groups excluding carboxylic acids is 2. The summed E-state index contributed by atoms with van der Waals surface area (Å²) in [4.78, 5) is 24.4. The molecule has 0 atom stereocenters. The van der Waals surface area contributed by atoms with Crippen molar-refractivity contribution >= 4 is 11.9 Å². The number of hydrogen-bond donors (Lipinski definition) is 1. The fourth-order valence-corrected chi connectivity index (χ4v) is 6.56. The van der Waals surface area contributed by atoms with Gasteiger partial charge < -0.3 is 10.1 Å². The number of nitriles is 1. The molecule has 0 radical (unpaired) electrons. The Morgan fingerprint density at radius 3 is 2.12 bits per heavy atom. The van der Waals surface area contributed by atoms with Crippen LogP contribution in [0.3, 0.4) is 0 Å². The molecule has 5 nitrogen and oxygen atoms in total. The van der Waals surface area contributed by atoms with Gasteiger partial charge in [0.1, 0.15) is 5.54 Å². The summed E-state index contributed by atoms with van der Waals surface area (Å²) < 4.78 is 5.28. The van der Waals surface area contributed by atoms with Gasteiger partial charge >= 0.3 is 5.97 Å². The molecule has 0 aromatic heterocycles. The Morgan fingerprint density at radius 1 is 1.04 bits per heavy atom. The molecule has 4 bridgehead atoms. The number of amides is 1. The third-order valence-electron chi connectivity index (χ3n) is 7.10. The van der Waals surface area contributed by atoms with E-state index in [4.69, 9.17) is 4.74 Å². The van der Waals surface area contributed by atoms with Crippen LogP contribution < -0.4 is 5.32 Å². The van der Waals surface area contributed by atoms with Gasteiger partial charge in [0.25, 0.3) is 5.91 Å². The van der Waals surface area contributed by atoms with Gasteiger partial charge in [-0.2, -0.15) is 5.26 Å². The van der Waals surface area contributed by atoms with Crippen molar-refractivity contribution in [3.63, 3.8) is 0 Å². The smallest absolute Gasteiger partial charge is 0.306 e. The quantitative estimate of drug-likeness (QED) is 0.777. The molecule has 5 fully saturated rings. The summed E-state index contributed by atoms with van der Waals surface area (Å²) in [6.45, 7) is -0.255. The molecular formula is C20H28N2O3. The predicted octanol–water partition coefficient (Wildman–Crippen LogP) is 3.09. The molecule has 5 saturated carbocycles. The average molecular weight is 344 g/mol. The summed E-state index contributed by atoms with van der Waals surface area (Å²) in [5.74, 6) is 1.83. The molecule has 0 aromatic carbocycles. The average Bonchev–Trinajstić information content (AvgIpc) is 3.00. The number of nitrogens with zero attached hydrogens (tertiary/aromatic N) is 1. The molecule has 5 aliphatic rings. The van der Waals surface area contributed by atoms with Crippen LogP contribution in [0, 0.1) is 34.5 Å². The fourth-order valence-electron chi connectivity index (χ4n) is 6.56. The van der Waals surface area contributed by atoms with Gasteiger partial charge in [0.05, 0.1) is 12.5 Å². The first-order chi connectivity index (χ1) is 12.0. The van der Waals surface area contributed by atoms with Gasteiger partial charge in [-0.15, -0.1) is 0 Å². The topological polar surface area (TPSA) is 79.2 Å². The van der Waals surface area contributed by atoms with Crippen LogP contribution >= 0.6 is 0 Å². The zero-order valence-corrected chi connectivity index (χ0v) is 14.9. The summed E-state index contributed by atoms with van der Waals surface area (Å²) in [5.41, 5.74) is -0.606. The summed E-state index contributed by atoms with van der Waals surface area (Å²) in [5, 5.41) is 12.1. The molecule has 5 heteroatoms. The molecule has 0 aromatic rings. The highest BCUT2D eigenvalue weighted by Crippen LogP contribution is 2.61. The lowest BCUT2D eigenvalue weighted by molar-refractivity contribution is -0.155. The van der Waals surface area contributed by atoms with Gasteiger partial charge in [-0.25, -0.2) is 0 Å². The van der Waals surface area contributed by atoms with Crippen molar-refractivity contribution in [2.45, 2.75) is 76.2 Å². The van der Waals surface area contributed by atoms with E-state index in [1.165, 1.54) is 38.5 Å². The van der Waals surface area contributed by atoms with Crippen LogP contribution in [-0.4, -0.2) is 24.0 Å². The standard InChI is InChI=1S/C20H28N2O3/c21-13-20(3-1-2-4-20)22-17(23)12-25-18(24)11-19-8-14-5-15(9-19)7-16(6-14)10-19/h14-16H,1-12H2,(H,22,23). The highest BCUT2D eigenvalue weighted by Gasteiger charge is 2.51. The van der Waals surface area contributed by atoms with Crippen molar-refractivity contribution in [1.82, 2.24) is 5.32 Å². The van der Waals surface area contributed by atoms with Gasteiger partial charge in [-0.05, 0) is 87.4 Å². The number of esters is 1. The van der Waals surface area contributed by atoms with E-state index in [1.807, 2.05) is 0 Å². The Bertz CT molecular complexity index is 565. The Balaban J connectivity index is 1.27. The second-order valence-corrected chi connectivity index (χ2v) is 9.20. The molecule has 0 aliphatic heterocycles. The fraction of sp³-hybridized carbons (Fsp3) is 0.850. The summed E-state index contributed by atoms with van der Waals surface area (Å²) >= 11 is 0. The second kappa shape index (κ2) is 6.30. The monoisotopic (exact) mass is 344 g/mol. The zero-order chi connectivity index (χ0) is 17.5. The molecule has 1 N–H and O–H groups in total. The van der Waals surface area contributed by atoms with E-state index in [0.717, 1.165) is 30.6 Å². The normalized spacial score (nSPS) is 37.5. The molecule has 136 valence electrons. The zero-order valence-electron chi connectivity index (χ0n) is 14.9. The van der Waals surface area contributed by atoms with E-state index >= 15 is 0 Å². The van der Waals surface area contributed by atoms with E-state index in [-0.39, 0.29) is 23.9 Å². The number of ether oxygens (including phenoxy) is 1. The van der Waals surface area contributed by atoms with Crippen LogP contribution in [0.2, 0.25) is 0 Å². The van der Waals surface area contributed by atoms with Crippen LogP contribution in [0.1, 0.15) is 70.6 Å². The molecule has 25 heavy (non-hydrogen) atoms. The lowest BCUT2D eigenvalue weighted by Crippen LogP contribution is -2.48. The number of rotatable bonds is 5. The largest absolute Gasteiger partial charge is 0.456 e. The number of hydrogen-bond acceptors (Lipinski definition) is 4. The molecule has 1 amide bonds. The summed E-state index contributed by atoms with van der Waals surface area (Å²) in [7, 11) is 0. The Labute approximate surface area is 149 Å². The van der Waals surface area contributed by atoms with Crippen LogP contribution in [0.25, 0.3) is 0 Å². The highest BCUT2D eigenvalue weighted by atomic mass is 16.5. The molecule has 5 rings (SSSR count). The molecule has 0 heterocycles. The van der Waals surface area contributed by atoms with Crippen molar-refractivity contribution in [2.75, 3.05) is 6.61 Å². The number of carbonyl (C=O) groups is 2. The van der Waals surface area contributed by atoms with Gasteiger partial charge in [-0.3, -0.25) is 9.59 Å². The van der Waals surface area contributed by atoms with Gasteiger partial charge in [0.15, 0.2) is 6.61 Å². The minimum Gasteiger partial charge on any atom is -0.456 e. The van der Waals surface area contributed by atoms with Gasteiger partial charge in [0, 0.05) is 0 Å². The third-order valence-corrected chi connectivity index (χ3v) is 7.10. The Kier molecular flexibility index (Phi) is 4.25. The van der Waals surface area contributed by atoms with E-state index < -0.39 is 5.54 Å². The van der Waals surface area contributed by atoms with Crippen LogP contribution in [0.15, 0.2) is 0 Å². The maximum atomic E-state index is 12.4. The molecule has 0 saturated heterocycles. The van der Waals surface area contributed by atoms with Gasteiger partial charge in [-0.1, -0.05) is 0 Å². The minimum atomic E-state index is -0.747. The lowest BCUT2D eigenvalue weighted by atomic mass is 9.49. The van der Waals surface area contributed by atoms with Crippen LogP contribution in [0.4, 0.5) is 0 Å². The van der Waals surface area contributed by atoms with Crippen molar-refractivity contribution < 1.29 is 14.3 Å². The predicted molar refractivity (Wildman–Crippen MR) is 91.1 cm³/mol. The molecule has 0 unspecified atom stereocenters. The molecule has 0 spiro atoms. The molecule has 5 aliphatic carbocycles. The van der Waals surface area contributed by atoms with E-state index in [1.54, 1.807) is 0 Å². The SMILES string of the molecule is N#CC1(NC(=O)COC(=O)CC23CC4CC(CC(C4)C2)C3)CCCC1. The first kappa shape index (κ1) is 16.9. The maximum absolute atomic E-state index is 12.4. The first-order valence-corrected chi connectivity index (χ1v) is 9.88. The van der Waals surface area contributed by atoms with Crippen molar-refractivity contribution in [3.05, 3.63) is 0 Å². The minimum absolute atomic E-state index is 0.141. The molecular weight excluding hydrogens is 316 g/mol. The number of nitrogens with one attached hydrogen (secondary N) is 1.